The lowest BCUT2D eigenvalue weighted by Crippen LogP contribution is -2.28. The smallest absolute Gasteiger partial charge is 0.209 e. The molecule has 0 saturated heterocycles. The van der Waals surface area contributed by atoms with Crippen molar-refractivity contribution in [1.29, 1.82) is 0 Å². The van der Waals surface area contributed by atoms with Crippen molar-refractivity contribution < 1.29 is 9.68 Å². The molecule has 2 aliphatic heterocycles. The molecule has 0 atom stereocenters. The quantitative estimate of drug-likeness (QED) is 0.612. The third-order valence-electron chi connectivity index (χ3n) is 6.96. The van der Waals surface area contributed by atoms with Crippen LogP contribution < -0.4 is 4.90 Å². The van der Waals surface area contributed by atoms with Crippen molar-refractivity contribution in [1.82, 2.24) is 0 Å². The van der Waals surface area contributed by atoms with E-state index < -0.39 is 0 Å². The number of hydrogen-bond donors (Lipinski definition) is 1. The number of para-hydroxylation sites is 2. The monoisotopic (exact) mass is 415 g/mol. The number of aliphatic hydroxyl groups is 1. The maximum Gasteiger partial charge on any atom is 0.209 e. The second kappa shape index (κ2) is 8.12. The molecule has 0 amide bonds. The van der Waals surface area contributed by atoms with Crippen LogP contribution in [0.1, 0.15) is 52.2 Å². The van der Waals surface area contributed by atoms with Gasteiger partial charge < -0.3 is 10.0 Å². The first-order valence-corrected chi connectivity index (χ1v) is 11.4. The van der Waals surface area contributed by atoms with E-state index in [9.17, 15) is 5.11 Å². The summed E-state index contributed by atoms with van der Waals surface area (Å²) in [4.78, 5) is 2.38. The Morgan fingerprint density at radius 3 is 2.32 bits per heavy atom. The summed E-state index contributed by atoms with van der Waals surface area (Å²) in [5.41, 5.74) is 7.86. The number of benzene rings is 2. The van der Waals surface area contributed by atoms with Crippen LogP contribution >= 0.6 is 0 Å². The topological polar surface area (TPSA) is 26.5 Å². The zero-order chi connectivity index (χ0) is 22.2. The Hall–Kier alpha value is -2.65. The number of allylic oxidation sites excluding steroid dienone is 4. The fourth-order valence-electron chi connectivity index (χ4n) is 5.32. The van der Waals surface area contributed by atoms with Gasteiger partial charge in [-0.3, -0.25) is 0 Å². The first-order valence-electron chi connectivity index (χ1n) is 11.4. The molecule has 1 N–H and O–H groups in total. The van der Waals surface area contributed by atoms with Crippen molar-refractivity contribution in [2.45, 2.75) is 51.9 Å². The number of nitrogens with zero attached hydrogens (tertiary/aromatic N) is 2. The van der Waals surface area contributed by atoms with E-state index in [1.165, 1.54) is 33.9 Å². The summed E-state index contributed by atoms with van der Waals surface area (Å²) in [5.74, 6) is 0. The Bertz CT molecular complexity index is 1070. The Morgan fingerprint density at radius 2 is 1.61 bits per heavy atom. The molecule has 0 bridgehead atoms. The molecular weight excluding hydrogens is 380 g/mol. The van der Waals surface area contributed by atoms with Crippen molar-refractivity contribution in [2.75, 3.05) is 24.6 Å². The van der Waals surface area contributed by atoms with Gasteiger partial charge in [0, 0.05) is 47.7 Å². The fraction of sp³-hybridized carbons (Fsp3) is 0.393. The van der Waals surface area contributed by atoms with Crippen molar-refractivity contribution in [3.63, 3.8) is 0 Å². The van der Waals surface area contributed by atoms with Gasteiger partial charge in [-0.25, -0.2) is 0 Å². The van der Waals surface area contributed by atoms with Crippen LogP contribution in [0.4, 0.5) is 11.4 Å². The molecule has 2 aliphatic rings. The molecule has 4 rings (SSSR count). The average Bonchev–Trinajstić information content (AvgIpc) is 3.11. The van der Waals surface area contributed by atoms with Gasteiger partial charge in [-0.05, 0) is 44.9 Å². The van der Waals surface area contributed by atoms with E-state index in [2.05, 4.69) is 111 Å². The van der Waals surface area contributed by atoms with Crippen molar-refractivity contribution in [2.24, 2.45) is 0 Å². The summed E-state index contributed by atoms with van der Waals surface area (Å²) in [7, 11) is 0. The summed E-state index contributed by atoms with van der Waals surface area (Å²) in [6.45, 7) is 13.4. The zero-order valence-corrected chi connectivity index (χ0v) is 19.5. The van der Waals surface area contributed by atoms with Crippen LogP contribution in [0.3, 0.4) is 0 Å². The van der Waals surface area contributed by atoms with Gasteiger partial charge >= 0.3 is 0 Å². The van der Waals surface area contributed by atoms with Crippen LogP contribution in [-0.2, 0) is 10.8 Å². The van der Waals surface area contributed by atoms with Crippen LogP contribution in [0, 0.1) is 0 Å². The lowest BCUT2D eigenvalue weighted by atomic mass is 9.81. The summed E-state index contributed by atoms with van der Waals surface area (Å²) in [6, 6.07) is 17.4. The third-order valence-corrected chi connectivity index (χ3v) is 6.96. The molecule has 0 saturated carbocycles. The van der Waals surface area contributed by atoms with E-state index >= 15 is 0 Å². The first kappa shape index (κ1) is 21.6. The van der Waals surface area contributed by atoms with Gasteiger partial charge in [0.2, 0.25) is 5.69 Å². The van der Waals surface area contributed by atoms with Gasteiger partial charge in [-0.1, -0.05) is 56.3 Å². The summed E-state index contributed by atoms with van der Waals surface area (Å²) < 4.78 is 2.43. The van der Waals surface area contributed by atoms with Gasteiger partial charge in [-0.15, -0.1) is 0 Å². The minimum atomic E-state index is -0.0698. The van der Waals surface area contributed by atoms with Gasteiger partial charge in [-0.2, -0.15) is 4.58 Å². The summed E-state index contributed by atoms with van der Waals surface area (Å²) in [5, 5.41) is 9.44. The average molecular weight is 416 g/mol. The standard InChI is InChI=1S/C28H35N2O/c1-6-29-23-15-9-7-13-21(23)27(2,3)25(29)17-11-18-26-28(4,5)22-14-8-10-16-24(22)30(26)19-12-20-31/h7-11,13-18,31H,6,12,19-20H2,1-5H3/q+1. The highest BCUT2D eigenvalue weighted by atomic mass is 16.3. The number of anilines is 1. The van der Waals surface area contributed by atoms with E-state index in [1.54, 1.807) is 0 Å². The predicted octanol–water partition coefficient (Wildman–Crippen LogP) is 5.70. The highest BCUT2D eigenvalue weighted by molar-refractivity contribution is 6.03. The molecule has 2 aromatic rings. The van der Waals surface area contributed by atoms with Crippen LogP contribution in [0.2, 0.25) is 0 Å². The van der Waals surface area contributed by atoms with Gasteiger partial charge in [0.1, 0.15) is 6.54 Å². The number of rotatable bonds is 6. The largest absolute Gasteiger partial charge is 0.396 e. The minimum Gasteiger partial charge on any atom is -0.396 e. The summed E-state index contributed by atoms with van der Waals surface area (Å²) >= 11 is 0. The highest BCUT2D eigenvalue weighted by Gasteiger charge is 2.43. The Morgan fingerprint density at radius 1 is 0.935 bits per heavy atom. The molecule has 31 heavy (non-hydrogen) atoms. The van der Waals surface area contributed by atoms with E-state index in [0.717, 1.165) is 19.5 Å². The minimum absolute atomic E-state index is 0.0215. The molecule has 162 valence electrons. The summed E-state index contributed by atoms with van der Waals surface area (Å²) in [6.07, 6.45) is 7.55. The van der Waals surface area contributed by atoms with Gasteiger partial charge in [0.25, 0.3) is 0 Å². The second-order valence-corrected chi connectivity index (χ2v) is 9.55. The van der Waals surface area contributed by atoms with Gasteiger partial charge in [0.15, 0.2) is 5.71 Å². The van der Waals surface area contributed by atoms with E-state index in [0.29, 0.717) is 0 Å². The number of hydrogen-bond acceptors (Lipinski definition) is 2. The van der Waals surface area contributed by atoms with Crippen molar-refractivity contribution in [3.05, 3.63) is 83.6 Å². The molecule has 0 unspecified atom stereocenters. The maximum absolute atomic E-state index is 9.44. The van der Waals surface area contributed by atoms with E-state index in [-0.39, 0.29) is 17.4 Å². The lowest BCUT2D eigenvalue weighted by Gasteiger charge is -2.26. The lowest BCUT2D eigenvalue weighted by molar-refractivity contribution is -0.433. The Kier molecular flexibility index (Phi) is 5.65. The molecule has 0 spiro atoms. The molecule has 0 radical (unpaired) electrons. The molecular formula is C28H35N2O+. The Labute approximate surface area is 187 Å². The molecule has 2 aromatic carbocycles. The maximum atomic E-state index is 9.44. The van der Waals surface area contributed by atoms with Crippen LogP contribution in [0.5, 0.6) is 0 Å². The van der Waals surface area contributed by atoms with Crippen LogP contribution in [0.15, 0.2) is 72.5 Å². The fourth-order valence-corrected chi connectivity index (χ4v) is 5.32. The van der Waals surface area contributed by atoms with Crippen molar-refractivity contribution in [3.8, 4) is 0 Å². The van der Waals surface area contributed by atoms with Crippen molar-refractivity contribution >= 4 is 17.1 Å². The molecule has 3 nitrogen and oxygen atoms in total. The molecule has 0 aliphatic carbocycles. The third kappa shape index (κ3) is 3.45. The number of fused-ring (bicyclic) bond motifs is 2. The molecule has 3 heteroatoms. The second-order valence-electron chi connectivity index (χ2n) is 9.55. The highest BCUT2D eigenvalue weighted by Crippen LogP contribution is 2.47. The van der Waals surface area contributed by atoms with Crippen LogP contribution in [0.25, 0.3) is 0 Å². The molecule has 0 fully saturated rings. The molecule has 2 heterocycles. The Balaban J connectivity index is 1.73. The molecule has 0 aromatic heterocycles. The zero-order valence-electron chi connectivity index (χ0n) is 19.5. The van der Waals surface area contributed by atoms with Gasteiger partial charge in [0.05, 0.1) is 5.41 Å². The van der Waals surface area contributed by atoms with E-state index in [1.807, 2.05) is 0 Å². The first-order chi connectivity index (χ1) is 14.8. The predicted molar refractivity (Wildman–Crippen MR) is 131 cm³/mol. The number of aliphatic hydroxyl groups excluding tert-OH is 1. The normalized spacial score (nSPS) is 20.1. The SMILES string of the molecule is CC[N+]1=C(/C=C/C=C2/N(CCCO)c3ccccc3C2(C)C)C(C)(C)c2ccccc21. The van der Waals surface area contributed by atoms with Crippen LogP contribution in [-0.4, -0.2) is 35.1 Å². The van der Waals surface area contributed by atoms with E-state index in [4.69, 9.17) is 0 Å².